The lowest BCUT2D eigenvalue weighted by Gasteiger charge is -2.19. The van der Waals surface area contributed by atoms with Gasteiger partial charge in [-0.05, 0) is 19.3 Å². The molecule has 1 N–H and O–H groups in total. The molecule has 0 aromatic heterocycles. The topological polar surface area (TPSA) is 64.6 Å². The number of ether oxygens (including phenoxy) is 2. The van der Waals surface area contributed by atoms with Crippen molar-refractivity contribution in [3.63, 3.8) is 0 Å². The number of carbonyl (C=O) groups excluding carboxylic acids is 2. The number of amides is 1. The number of methoxy groups -OCH3 is 1. The van der Waals surface area contributed by atoms with Gasteiger partial charge < -0.3 is 14.8 Å². The zero-order valence-corrected chi connectivity index (χ0v) is 11.7. The van der Waals surface area contributed by atoms with Gasteiger partial charge in [0.05, 0.1) is 13.2 Å². The van der Waals surface area contributed by atoms with Crippen molar-refractivity contribution in [2.75, 3.05) is 13.7 Å². The Hall–Kier alpha value is -1.36. The fourth-order valence-electron chi connectivity index (χ4n) is 2.10. The van der Waals surface area contributed by atoms with E-state index >= 15 is 0 Å². The molecule has 5 heteroatoms. The second kappa shape index (κ2) is 8.69. The maximum absolute atomic E-state index is 11.9. The smallest absolute Gasteiger partial charge is 0.330 e. The molecule has 19 heavy (non-hydrogen) atoms. The molecule has 1 fully saturated rings. The number of carbonyl (C=O) groups is 2. The van der Waals surface area contributed by atoms with Crippen molar-refractivity contribution in [2.24, 2.45) is 0 Å². The summed E-state index contributed by atoms with van der Waals surface area (Å²) in [6, 6.07) is 0. The summed E-state index contributed by atoms with van der Waals surface area (Å²) in [6.45, 7) is 2.24. The van der Waals surface area contributed by atoms with Crippen LogP contribution in [0.1, 0.15) is 39.0 Å². The average molecular weight is 269 g/mol. The highest BCUT2D eigenvalue weighted by atomic mass is 16.5. The van der Waals surface area contributed by atoms with E-state index in [9.17, 15) is 9.59 Å². The highest BCUT2D eigenvalue weighted by Crippen LogP contribution is 2.22. The first-order valence-electron chi connectivity index (χ1n) is 6.85. The largest absolute Gasteiger partial charge is 0.466 e. The second-order valence-electron chi connectivity index (χ2n) is 4.61. The molecular formula is C14H23NO4. The molecule has 1 amide bonds. The van der Waals surface area contributed by atoms with Gasteiger partial charge in [0.1, 0.15) is 6.10 Å². The van der Waals surface area contributed by atoms with Crippen molar-refractivity contribution < 1.29 is 19.1 Å². The molecule has 1 saturated carbocycles. The van der Waals surface area contributed by atoms with Crippen molar-refractivity contribution >= 4 is 11.9 Å². The molecule has 0 spiro atoms. The highest BCUT2D eigenvalue weighted by molar-refractivity contribution is 5.82. The average Bonchev–Trinajstić information content (AvgIpc) is 2.93. The standard InChI is InChI=1S/C14H23NO4/c1-3-12(19-11-7-4-5-8-11)14(17)15-10-6-9-13(16)18-2/h6,9,11-12H,3-5,7-8,10H2,1-2H3,(H,15,17)/b9-6+. The van der Waals surface area contributed by atoms with Gasteiger partial charge in [-0.1, -0.05) is 25.8 Å². The Morgan fingerprint density at radius 3 is 2.63 bits per heavy atom. The van der Waals surface area contributed by atoms with Gasteiger partial charge in [-0.25, -0.2) is 4.79 Å². The van der Waals surface area contributed by atoms with E-state index in [1.807, 2.05) is 6.92 Å². The van der Waals surface area contributed by atoms with Gasteiger partial charge in [-0.3, -0.25) is 4.79 Å². The zero-order valence-electron chi connectivity index (χ0n) is 11.7. The van der Waals surface area contributed by atoms with E-state index in [1.165, 1.54) is 26.0 Å². The first kappa shape index (κ1) is 15.7. The molecule has 0 aromatic carbocycles. The monoisotopic (exact) mass is 269 g/mol. The number of nitrogens with one attached hydrogen (secondary N) is 1. The molecule has 0 aromatic rings. The molecule has 0 heterocycles. The van der Waals surface area contributed by atoms with Crippen LogP contribution in [0.15, 0.2) is 12.2 Å². The lowest BCUT2D eigenvalue weighted by atomic mass is 10.2. The molecule has 1 atom stereocenters. The minimum Gasteiger partial charge on any atom is -0.466 e. The van der Waals surface area contributed by atoms with Gasteiger partial charge in [0.2, 0.25) is 5.91 Å². The van der Waals surface area contributed by atoms with Crippen LogP contribution in [0.5, 0.6) is 0 Å². The number of hydrogen-bond donors (Lipinski definition) is 1. The number of esters is 1. The fourth-order valence-corrected chi connectivity index (χ4v) is 2.10. The summed E-state index contributed by atoms with van der Waals surface area (Å²) in [5, 5.41) is 2.73. The van der Waals surface area contributed by atoms with Crippen molar-refractivity contribution in [3.05, 3.63) is 12.2 Å². The van der Waals surface area contributed by atoms with Crippen molar-refractivity contribution in [1.82, 2.24) is 5.32 Å². The van der Waals surface area contributed by atoms with Gasteiger partial charge in [0.15, 0.2) is 0 Å². The summed E-state index contributed by atoms with van der Waals surface area (Å²) >= 11 is 0. The fraction of sp³-hybridized carbons (Fsp3) is 0.714. The second-order valence-corrected chi connectivity index (χ2v) is 4.61. The summed E-state index contributed by atoms with van der Waals surface area (Å²) < 4.78 is 10.2. The van der Waals surface area contributed by atoms with E-state index in [1.54, 1.807) is 6.08 Å². The van der Waals surface area contributed by atoms with Gasteiger partial charge in [0.25, 0.3) is 0 Å². The van der Waals surface area contributed by atoms with Crippen molar-refractivity contribution in [2.45, 2.75) is 51.2 Å². The van der Waals surface area contributed by atoms with E-state index < -0.39 is 12.1 Å². The van der Waals surface area contributed by atoms with Crippen LogP contribution in [-0.2, 0) is 19.1 Å². The molecule has 5 nitrogen and oxygen atoms in total. The van der Waals surface area contributed by atoms with Crippen LogP contribution in [0, 0.1) is 0 Å². The molecule has 1 rings (SSSR count). The molecule has 1 unspecified atom stereocenters. The van der Waals surface area contributed by atoms with E-state index in [4.69, 9.17) is 4.74 Å². The zero-order chi connectivity index (χ0) is 14.1. The van der Waals surface area contributed by atoms with Crippen molar-refractivity contribution in [3.8, 4) is 0 Å². The molecule has 0 radical (unpaired) electrons. The molecule has 108 valence electrons. The van der Waals surface area contributed by atoms with Gasteiger partial charge in [-0.15, -0.1) is 0 Å². The minimum absolute atomic E-state index is 0.121. The van der Waals surface area contributed by atoms with Crippen LogP contribution in [0.4, 0.5) is 0 Å². The van der Waals surface area contributed by atoms with E-state index in [0.717, 1.165) is 12.8 Å². The van der Waals surface area contributed by atoms with Crippen molar-refractivity contribution in [1.29, 1.82) is 0 Å². The van der Waals surface area contributed by atoms with Crippen LogP contribution in [0.25, 0.3) is 0 Å². The third-order valence-electron chi connectivity index (χ3n) is 3.17. The Labute approximate surface area is 114 Å². The molecule has 0 aliphatic heterocycles. The summed E-state index contributed by atoms with van der Waals surface area (Å²) in [7, 11) is 1.31. The minimum atomic E-state index is -0.427. The summed E-state index contributed by atoms with van der Waals surface area (Å²) in [6.07, 6.45) is 7.80. The van der Waals surface area contributed by atoms with Crippen LogP contribution >= 0.6 is 0 Å². The Balaban J connectivity index is 2.28. The summed E-state index contributed by atoms with van der Waals surface area (Å²) in [4.78, 5) is 22.7. The van der Waals surface area contributed by atoms with E-state index in [0.29, 0.717) is 13.0 Å². The predicted octanol–water partition coefficient (Wildman–Crippen LogP) is 1.57. The normalized spacial score (nSPS) is 17.6. The van der Waals surface area contributed by atoms with Gasteiger partial charge >= 0.3 is 5.97 Å². The molecule has 0 saturated heterocycles. The Morgan fingerprint density at radius 1 is 1.37 bits per heavy atom. The van der Waals surface area contributed by atoms with Crippen LogP contribution in [0.3, 0.4) is 0 Å². The summed E-state index contributed by atoms with van der Waals surface area (Å²) in [5.41, 5.74) is 0. The van der Waals surface area contributed by atoms with Crippen LogP contribution in [0.2, 0.25) is 0 Å². The van der Waals surface area contributed by atoms with Crippen LogP contribution in [-0.4, -0.2) is 37.7 Å². The van der Waals surface area contributed by atoms with Gasteiger partial charge in [0, 0.05) is 12.6 Å². The number of rotatable bonds is 7. The number of hydrogen-bond acceptors (Lipinski definition) is 4. The van der Waals surface area contributed by atoms with Crippen LogP contribution < -0.4 is 5.32 Å². The highest BCUT2D eigenvalue weighted by Gasteiger charge is 2.23. The third kappa shape index (κ3) is 5.87. The molecule has 1 aliphatic rings. The van der Waals surface area contributed by atoms with E-state index in [-0.39, 0.29) is 12.0 Å². The Kier molecular flexibility index (Phi) is 7.18. The molecular weight excluding hydrogens is 246 g/mol. The quantitative estimate of drug-likeness (QED) is 0.563. The predicted molar refractivity (Wildman–Crippen MR) is 71.6 cm³/mol. The Morgan fingerprint density at radius 2 is 2.05 bits per heavy atom. The maximum atomic E-state index is 11.9. The Bertz CT molecular complexity index is 321. The SMILES string of the molecule is CCC(OC1CCCC1)C(=O)NC/C=C/C(=O)OC. The first-order valence-corrected chi connectivity index (χ1v) is 6.85. The third-order valence-corrected chi connectivity index (χ3v) is 3.17. The lowest BCUT2D eigenvalue weighted by molar-refractivity contribution is -0.137. The molecule has 1 aliphatic carbocycles. The van der Waals surface area contributed by atoms with E-state index in [2.05, 4.69) is 10.1 Å². The summed E-state index contributed by atoms with van der Waals surface area (Å²) in [5.74, 6) is -0.549. The maximum Gasteiger partial charge on any atom is 0.330 e. The lowest BCUT2D eigenvalue weighted by Crippen LogP contribution is -2.38. The molecule has 0 bridgehead atoms. The first-order chi connectivity index (χ1) is 9.17. The van der Waals surface area contributed by atoms with Gasteiger partial charge in [-0.2, -0.15) is 0 Å².